The average Bonchev–Trinajstić information content (AvgIpc) is 2.91. The third kappa shape index (κ3) is 5.46. The van der Waals surface area contributed by atoms with E-state index in [1.807, 2.05) is 41.0 Å². The van der Waals surface area contributed by atoms with Crippen molar-refractivity contribution in [1.29, 1.82) is 0 Å². The van der Waals surface area contributed by atoms with Gasteiger partial charge in [-0.25, -0.2) is 0 Å². The lowest BCUT2D eigenvalue weighted by atomic mass is 10.1. The first-order valence-electron chi connectivity index (χ1n) is 8.94. The lowest BCUT2D eigenvalue weighted by molar-refractivity contribution is -0.135. The molecule has 6 heteroatoms. The van der Waals surface area contributed by atoms with Crippen LogP contribution in [0.15, 0.2) is 24.3 Å². The monoisotopic (exact) mass is 347 g/mol. The van der Waals surface area contributed by atoms with Crippen LogP contribution in [0.2, 0.25) is 0 Å². The normalized spacial score (nSPS) is 16.3. The summed E-state index contributed by atoms with van der Waals surface area (Å²) < 4.78 is 5.14. The first kappa shape index (κ1) is 19.2. The Morgan fingerprint density at radius 3 is 2.40 bits per heavy atom. The number of aryl methyl sites for hydroxylation is 1. The molecule has 0 bridgehead atoms. The minimum atomic E-state index is -0.155. The van der Waals surface area contributed by atoms with Gasteiger partial charge in [0.1, 0.15) is 5.75 Å². The maximum Gasteiger partial charge on any atom is 0.226 e. The van der Waals surface area contributed by atoms with Crippen LogP contribution in [0.3, 0.4) is 0 Å². The van der Waals surface area contributed by atoms with Crippen molar-refractivity contribution in [2.45, 2.75) is 26.2 Å². The summed E-state index contributed by atoms with van der Waals surface area (Å²) in [7, 11) is 1.64. The van der Waals surface area contributed by atoms with E-state index in [4.69, 9.17) is 10.5 Å². The van der Waals surface area contributed by atoms with Gasteiger partial charge in [-0.15, -0.1) is 0 Å². The van der Waals surface area contributed by atoms with Crippen LogP contribution in [-0.2, 0) is 16.0 Å². The van der Waals surface area contributed by atoms with E-state index in [-0.39, 0.29) is 17.7 Å². The van der Waals surface area contributed by atoms with E-state index in [1.165, 1.54) is 0 Å². The first-order chi connectivity index (χ1) is 12.0. The predicted octanol–water partition coefficient (Wildman–Crippen LogP) is 1.28. The average molecular weight is 347 g/mol. The molecule has 0 spiro atoms. The minimum Gasteiger partial charge on any atom is -0.497 e. The van der Waals surface area contributed by atoms with Crippen molar-refractivity contribution in [3.63, 3.8) is 0 Å². The third-order valence-corrected chi connectivity index (χ3v) is 4.72. The molecule has 1 fully saturated rings. The maximum absolute atomic E-state index is 12.5. The minimum absolute atomic E-state index is 0.0926. The standard InChI is InChI=1S/C19H29N3O3/c1-15(14-20)19(24)22-11-3-10-21(12-13-22)18(23)9-6-16-4-7-17(25-2)8-5-16/h4-5,7-8,15H,3,6,9-14,20H2,1-2H3. The van der Waals surface area contributed by atoms with Crippen molar-refractivity contribution in [2.24, 2.45) is 11.7 Å². The molecule has 25 heavy (non-hydrogen) atoms. The molecule has 1 unspecified atom stereocenters. The molecule has 138 valence electrons. The summed E-state index contributed by atoms with van der Waals surface area (Å²) in [5.41, 5.74) is 6.71. The van der Waals surface area contributed by atoms with Crippen molar-refractivity contribution >= 4 is 11.8 Å². The second-order valence-electron chi connectivity index (χ2n) is 6.54. The van der Waals surface area contributed by atoms with Gasteiger partial charge in [-0.3, -0.25) is 9.59 Å². The van der Waals surface area contributed by atoms with E-state index in [2.05, 4.69) is 0 Å². The fourth-order valence-electron chi connectivity index (χ4n) is 3.00. The van der Waals surface area contributed by atoms with E-state index >= 15 is 0 Å². The summed E-state index contributed by atoms with van der Waals surface area (Å²) in [6.07, 6.45) is 2.02. The van der Waals surface area contributed by atoms with E-state index in [0.717, 1.165) is 17.7 Å². The zero-order valence-electron chi connectivity index (χ0n) is 15.2. The van der Waals surface area contributed by atoms with Crippen LogP contribution < -0.4 is 10.5 Å². The van der Waals surface area contributed by atoms with Crippen LogP contribution in [0.1, 0.15) is 25.3 Å². The number of hydrogen-bond donors (Lipinski definition) is 1. The Labute approximate surface area is 149 Å². The number of methoxy groups -OCH3 is 1. The first-order valence-corrected chi connectivity index (χ1v) is 8.94. The second-order valence-corrected chi connectivity index (χ2v) is 6.54. The Morgan fingerprint density at radius 1 is 1.12 bits per heavy atom. The second kappa shape index (κ2) is 9.42. The van der Waals surface area contributed by atoms with E-state index in [1.54, 1.807) is 7.11 Å². The van der Waals surface area contributed by atoms with Crippen LogP contribution in [0.5, 0.6) is 5.75 Å². The summed E-state index contributed by atoms with van der Waals surface area (Å²) in [4.78, 5) is 28.5. The largest absolute Gasteiger partial charge is 0.497 e. The number of hydrogen-bond acceptors (Lipinski definition) is 4. The molecular formula is C19H29N3O3. The van der Waals surface area contributed by atoms with Crippen molar-refractivity contribution in [3.05, 3.63) is 29.8 Å². The molecule has 1 atom stereocenters. The fraction of sp³-hybridized carbons (Fsp3) is 0.579. The molecule has 0 saturated carbocycles. The van der Waals surface area contributed by atoms with E-state index < -0.39 is 0 Å². The van der Waals surface area contributed by atoms with Crippen LogP contribution in [0.25, 0.3) is 0 Å². The molecule has 6 nitrogen and oxygen atoms in total. The summed E-state index contributed by atoms with van der Waals surface area (Å²) in [5, 5.41) is 0. The molecule has 2 amide bonds. The van der Waals surface area contributed by atoms with Crippen LogP contribution in [-0.4, -0.2) is 61.4 Å². The number of ether oxygens (including phenoxy) is 1. The highest BCUT2D eigenvalue weighted by atomic mass is 16.5. The molecule has 1 saturated heterocycles. The summed E-state index contributed by atoms with van der Waals surface area (Å²) in [6, 6.07) is 7.80. The van der Waals surface area contributed by atoms with Gasteiger partial charge in [0.05, 0.1) is 7.11 Å². The number of nitrogens with two attached hydrogens (primary N) is 1. The molecule has 1 aliphatic heterocycles. The lowest BCUT2D eigenvalue weighted by Crippen LogP contribution is -2.41. The van der Waals surface area contributed by atoms with Gasteiger partial charge in [0, 0.05) is 45.1 Å². The number of amides is 2. The molecule has 0 aromatic heterocycles. The van der Waals surface area contributed by atoms with Crippen molar-refractivity contribution < 1.29 is 14.3 Å². The van der Waals surface area contributed by atoms with Crippen molar-refractivity contribution in [1.82, 2.24) is 9.80 Å². The van der Waals surface area contributed by atoms with Gasteiger partial charge in [-0.1, -0.05) is 19.1 Å². The highest BCUT2D eigenvalue weighted by Crippen LogP contribution is 2.14. The smallest absolute Gasteiger partial charge is 0.226 e. The highest BCUT2D eigenvalue weighted by molar-refractivity contribution is 5.79. The summed E-state index contributed by atoms with van der Waals surface area (Å²) >= 11 is 0. The zero-order valence-corrected chi connectivity index (χ0v) is 15.2. The number of benzene rings is 1. The Hall–Kier alpha value is -2.08. The topological polar surface area (TPSA) is 75.9 Å². The van der Waals surface area contributed by atoms with Gasteiger partial charge in [0.15, 0.2) is 0 Å². The fourth-order valence-corrected chi connectivity index (χ4v) is 3.00. The van der Waals surface area contributed by atoms with Gasteiger partial charge in [-0.05, 0) is 30.5 Å². The molecule has 1 aromatic carbocycles. The van der Waals surface area contributed by atoms with Gasteiger partial charge < -0.3 is 20.3 Å². The molecule has 2 rings (SSSR count). The number of carbonyl (C=O) groups excluding carboxylic acids is 2. The van der Waals surface area contributed by atoms with E-state index in [9.17, 15) is 9.59 Å². The molecule has 1 aromatic rings. The molecule has 1 aliphatic rings. The van der Waals surface area contributed by atoms with Crippen molar-refractivity contribution in [3.8, 4) is 5.75 Å². The van der Waals surface area contributed by atoms with Gasteiger partial charge in [0.2, 0.25) is 11.8 Å². The van der Waals surface area contributed by atoms with E-state index in [0.29, 0.717) is 45.6 Å². The Bertz CT molecular complexity index is 574. The maximum atomic E-state index is 12.5. The van der Waals surface area contributed by atoms with Crippen molar-refractivity contribution in [2.75, 3.05) is 39.8 Å². The van der Waals surface area contributed by atoms with Crippen LogP contribution in [0.4, 0.5) is 0 Å². The Kier molecular flexibility index (Phi) is 7.25. The number of nitrogens with zero attached hydrogens (tertiary/aromatic N) is 2. The van der Waals surface area contributed by atoms with Crippen LogP contribution >= 0.6 is 0 Å². The molecule has 1 heterocycles. The highest BCUT2D eigenvalue weighted by Gasteiger charge is 2.24. The third-order valence-electron chi connectivity index (χ3n) is 4.72. The molecular weight excluding hydrogens is 318 g/mol. The molecule has 2 N–H and O–H groups in total. The zero-order chi connectivity index (χ0) is 18.2. The van der Waals surface area contributed by atoms with Gasteiger partial charge >= 0.3 is 0 Å². The Balaban J connectivity index is 1.82. The van der Waals surface area contributed by atoms with Gasteiger partial charge in [-0.2, -0.15) is 0 Å². The molecule has 0 radical (unpaired) electrons. The quantitative estimate of drug-likeness (QED) is 0.841. The Morgan fingerprint density at radius 2 is 1.76 bits per heavy atom. The summed E-state index contributed by atoms with van der Waals surface area (Å²) in [5.74, 6) is 0.906. The predicted molar refractivity (Wildman–Crippen MR) is 97.3 cm³/mol. The van der Waals surface area contributed by atoms with Crippen LogP contribution in [0, 0.1) is 5.92 Å². The number of rotatable bonds is 6. The number of carbonyl (C=O) groups is 2. The van der Waals surface area contributed by atoms with Gasteiger partial charge in [0.25, 0.3) is 0 Å². The molecule has 0 aliphatic carbocycles. The summed E-state index contributed by atoms with van der Waals surface area (Å²) in [6.45, 7) is 4.82. The SMILES string of the molecule is COc1ccc(CCC(=O)N2CCCN(C(=O)C(C)CN)CC2)cc1. The lowest BCUT2D eigenvalue weighted by Gasteiger charge is -2.24.